The van der Waals surface area contributed by atoms with Gasteiger partial charge in [-0.25, -0.2) is 9.59 Å². The highest BCUT2D eigenvalue weighted by molar-refractivity contribution is 5.91. The summed E-state index contributed by atoms with van der Waals surface area (Å²) in [6, 6.07) is 21.5. The van der Waals surface area contributed by atoms with Crippen LogP contribution in [0.25, 0.3) is 0 Å². The number of ether oxygens (including phenoxy) is 2. The van der Waals surface area contributed by atoms with Gasteiger partial charge in [-0.05, 0) is 59.7 Å². The molecule has 164 valence electrons. The molecule has 0 fully saturated rings. The maximum atomic E-state index is 12.2. The maximum Gasteiger partial charge on any atom is 0.345 e. The van der Waals surface area contributed by atoms with Gasteiger partial charge in [0.25, 0.3) is 0 Å². The fraction of sp³-hybridized carbons (Fsp3) is 0.111. The second-order valence-electron chi connectivity index (χ2n) is 7.94. The minimum absolute atomic E-state index is 0.322. The minimum atomic E-state index is -0.452. The van der Waals surface area contributed by atoms with Crippen LogP contribution in [0.2, 0.25) is 0 Å². The Balaban J connectivity index is 1.44. The largest absolute Gasteiger partial charge is 0.423 e. The Morgan fingerprint density at radius 2 is 1.03 bits per heavy atom. The molecule has 2 heterocycles. The van der Waals surface area contributed by atoms with E-state index in [0.717, 1.165) is 11.1 Å². The van der Waals surface area contributed by atoms with E-state index < -0.39 is 11.9 Å². The molecule has 0 saturated carbocycles. The molecule has 6 heteroatoms. The van der Waals surface area contributed by atoms with Crippen LogP contribution in [0, 0.1) is 0 Å². The van der Waals surface area contributed by atoms with Gasteiger partial charge in [0, 0.05) is 30.2 Å². The lowest BCUT2D eigenvalue weighted by Gasteiger charge is -2.26. The molecular formula is C27H22N2O4. The van der Waals surface area contributed by atoms with Crippen LogP contribution < -0.4 is 9.47 Å². The number of pyridine rings is 2. The monoisotopic (exact) mass is 438 g/mol. The van der Waals surface area contributed by atoms with Crippen molar-refractivity contribution in [3.05, 3.63) is 120 Å². The minimum Gasteiger partial charge on any atom is -0.423 e. The van der Waals surface area contributed by atoms with Crippen molar-refractivity contribution in [1.82, 2.24) is 9.97 Å². The maximum absolute atomic E-state index is 12.2. The third kappa shape index (κ3) is 5.13. The van der Waals surface area contributed by atoms with Crippen molar-refractivity contribution < 1.29 is 19.1 Å². The van der Waals surface area contributed by atoms with Crippen molar-refractivity contribution in [3.63, 3.8) is 0 Å². The Morgan fingerprint density at radius 1 is 0.636 bits per heavy atom. The van der Waals surface area contributed by atoms with E-state index in [-0.39, 0.29) is 5.41 Å². The van der Waals surface area contributed by atoms with Gasteiger partial charge in [-0.1, -0.05) is 38.1 Å². The first-order chi connectivity index (χ1) is 15.9. The molecule has 0 radical (unpaired) electrons. The van der Waals surface area contributed by atoms with E-state index in [4.69, 9.17) is 9.47 Å². The highest BCUT2D eigenvalue weighted by Crippen LogP contribution is 2.33. The Labute approximate surface area is 191 Å². The summed E-state index contributed by atoms with van der Waals surface area (Å²) in [5, 5.41) is 0. The first-order valence-electron chi connectivity index (χ1n) is 10.4. The summed E-state index contributed by atoms with van der Waals surface area (Å²) in [5.74, 6) is 0.0141. The van der Waals surface area contributed by atoms with Gasteiger partial charge in [-0.15, -0.1) is 0 Å². The zero-order valence-electron chi connectivity index (χ0n) is 18.3. The summed E-state index contributed by atoms with van der Waals surface area (Å²) >= 11 is 0. The SMILES string of the molecule is CC(C)(c1ccc(OC(=O)c2cccnc2)cc1)c1ccc(OC(=O)c2cccnc2)cc1. The fourth-order valence-corrected chi connectivity index (χ4v) is 3.34. The van der Waals surface area contributed by atoms with Crippen molar-refractivity contribution in [2.75, 3.05) is 0 Å². The molecule has 0 bridgehead atoms. The van der Waals surface area contributed by atoms with Gasteiger partial charge in [0.15, 0.2) is 0 Å². The van der Waals surface area contributed by atoms with Crippen LogP contribution in [-0.2, 0) is 5.41 Å². The quantitative estimate of drug-likeness (QED) is 0.303. The van der Waals surface area contributed by atoms with Crippen LogP contribution in [0.4, 0.5) is 0 Å². The summed E-state index contributed by atoms with van der Waals surface area (Å²) in [7, 11) is 0. The Hall–Kier alpha value is -4.32. The lowest BCUT2D eigenvalue weighted by atomic mass is 9.78. The summed E-state index contributed by atoms with van der Waals surface area (Å²) in [5.41, 5.74) is 2.56. The van der Waals surface area contributed by atoms with Crippen molar-refractivity contribution in [2.45, 2.75) is 19.3 Å². The van der Waals surface area contributed by atoms with Crippen LogP contribution >= 0.6 is 0 Å². The molecule has 4 aromatic rings. The van der Waals surface area contributed by atoms with Gasteiger partial charge in [0.1, 0.15) is 11.5 Å². The van der Waals surface area contributed by atoms with Crippen molar-refractivity contribution in [1.29, 1.82) is 0 Å². The summed E-state index contributed by atoms with van der Waals surface area (Å²) < 4.78 is 10.9. The number of carbonyl (C=O) groups excluding carboxylic acids is 2. The number of aromatic nitrogens is 2. The molecule has 0 amide bonds. The normalized spacial score (nSPS) is 11.0. The molecule has 0 N–H and O–H groups in total. The molecule has 0 unspecified atom stereocenters. The molecule has 2 aromatic carbocycles. The first kappa shape index (κ1) is 21.9. The van der Waals surface area contributed by atoms with E-state index >= 15 is 0 Å². The van der Waals surface area contributed by atoms with Gasteiger partial charge in [0.2, 0.25) is 0 Å². The summed E-state index contributed by atoms with van der Waals surface area (Å²) in [4.78, 5) is 32.3. The molecule has 0 aliphatic heterocycles. The van der Waals surface area contributed by atoms with Crippen LogP contribution in [-0.4, -0.2) is 21.9 Å². The number of carbonyl (C=O) groups is 2. The van der Waals surface area contributed by atoms with Crippen LogP contribution in [0.15, 0.2) is 97.6 Å². The van der Waals surface area contributed by atoms with E-state index in [0.29, 0.717) is 22.6 Å². The van der Waals surface area contributed by atoms with Gasteiger partial charge in [-0.3, -0.25) is 9.97 Å². The lowest BCUT2D eigenvalue weighted by Crippen LogP contribution is -2.19. The fourth-order valence-electron chi connectivity index (χ4n) is 3.34. The Kier molecular flexibility index (Phi) is 6.26. The van der Waals surface area contributed by atoms with Crippen LogP contribution in [0.1, 0.15) is 45.7 Å². The van der Waals surface area contributed by atoms with E-state index in [1.54, 1.807) is 60.9 Å². The highest BCUT2D eigenvalue weighted by Gasteiger charge is 2.23. The Bertz CT molecular complexity index is 1140. The average Bonchev–Trinajstić information content (AvgIpc) is 2.86. The predicted molar refractivity (Wildman–Crippen MR) is 123 cm³/mol. The smallest absolute Gasteiger partial charge is 0.345 e. The standard InChI is InChI=1S/C27H22N2O4/c1-27(2,21-7-11-23(12-8-21)32-25(30)19-5-3-15-28-17-19)22-9-13-24(14-10-22)33-26(31)20-6-4-16-29-18-20/h3-18H,1-2H3. The number of hydrogen-bond acceptors (Lipinski definition) is 6. The van der Waals surface area contributed by atoms with E-state index in [2.05, 4.69) is 23.8 Å². The second kappa shape index (κ2) is 9.44. The first-order valence-corrected chi connectivity index (χ1v) is 10.4. The van der Waals surface area contributed by atoms with E-state index in [9.17, 15) is 9.59 Å². The lowest BCUT2D eigenvalue weighted by molar-refractivity contribution is 0.0724. The molecular weight excluding hydrogens is 416 g/mol. The van der Waals surface area contributed by atoms with E-state index in [1.807, 2.05) is 24.3 Å². The van der Waals surface area contributed by atoms with Crippen LogP contribution in [0.3, 0.4) is 0 Å². The third-order valence-electron chi connectivity index (χ3n) is 5.37. The van der Waals surface area contributed by atoms with Crippen LogP contribution in [0.5, 0.6) is 11.5 Å². The van der Waals surface area contributed by atoms with Gasteiger partial charge >= 0.3 is 11.9 Å². The molecule has 0 atom stereocenters. The highest BCUT2D eigenvalue weighted by atomic mass is 16.5. The second-order valence-corrected chi connectivity index (χ2v) is 7.94. The van der Waals surface area contributed by atoms with Crippen molar-refractivity contribution in [2.24, 2.45) is 0 Å². The number of esters is 2. The van der Waals surface area contributed by atoms with Gasteiger partial charge < -0.3 is 9.47 Å². The average molecular weight is 438 g/mol. The van der Waals surface area contributed by atoms with Gasteiger partial charge in [0.05, 0.1) is 11.1 Å². The molecule has 0 saturated heterocycles. The molecule has 4 rings (SSSR count). The number of hydrogen-bond donors (Lipinski definition) is 0. The Morgan fingerprint density at radius 3 is 1.36 bits per heavy atom. The van der Waals surface area contributed by atoms with Crippen molar-refractivity contribution >= 4 is 11.9 Å². The third-order valence-corrected chi connectivity index (χ3v) is 5.37. The zero-order valence-corrected chi connectivity index (χ0v) is 18.3. The zero-order chi connectivity index (χ0) is 23.3. The topological polar surface area (TPSA) is 78.4 Å². The molecule has 6 nitrogen and oxygen atoms in total. The molecule has 0 aliphatic carbocycles. The molecule has 33 heavy (non-hydrogen) atoms. The van der Waals surface area contributed by atoms with E-state index in [1.165, 1.54) is 12.4 Å². The number of benzene rings is 2. The molecule has 0 aliphatic rings. The predicted octanol–water partition coefficient (Wildman–Crippen LogP) is 5.24. The molecule has 0 spiro atoms. The number of nitrogens with zero attached hydrogens (tertiary/aromatic N) is 2. The van der Waals surface area contributed by atoms with Crippen molar-refractivity contribution in [3.8, 4) is 11.5 Å². The van der Waals surface area contributed by atoms with Gasteiger partial charge in [-0.2, -0.15) is 0 Å². The summed E-state index contributed by atoms with van der Waals surface area (Å²) in [6.07, 6.45) is 6.14. The number of rotatable bonds is 6. The summed E-state index contributed by atoms with van der Waals surface area (Å²) in [6.45, 7) is 4.20. The molecule has 2 aromatic heterocycles.